The molecular formula is C13H12Br2N2O2S. The van der Waals surface area contributed by atoms with Crippen molar-refractivity contribution < 1.29 is 8.42 Å². The van der Waals surface area contributed by atoms with E-state index in [1.807, 2.05) is 24.3 Å². The van der Waals surface area contributed by atoms with E-state index >= 15 is 0 Å². The van der Waals surface area contributed by atoms with Crippen molar-refractivity contribution in [2.24, 2.45) is 0 Å². The monoisotopic (exact) mass is 418 g/mol. The van der Waals surface area contributed by atoms with Crippen molar-refractivity contribution >= 4 is 47.6 Å². The summed E-state index contributed by atoms with van der Waals surface area (Å²) >= 11 is 6.55. The van der Waals surface area contributed by atoms with E-state index in [1.165, 1.54) is 6.07 Å². The third kappa shape index (κ3) is 3.82. The number of hydrogen-bond acceptors (Lipinski definition) is 3. The number of nitrogens with two attached hydrogens (primary N) is 1. The van der Waals surface area contributed by atoms with Gasteiger partial charge in [-0.05, 0) is 51.8 Å². The minimum Gasteiger partial charge on any atom is -0.399 e. The first-order valence-electron chi connectivity index (χ1n) is 5.67. The molecule has 0 aliphatic carbocycles. The fourth-order valence-corrected chi connectivity index (χ4v) is 3.86. The molecule has 0 heterocycles. The highest BCUT2D eigenvalue weighted by molar-refractivity contribution is 9.10. The summed E-state index contributed by atoms with van der Waals surface area (Å²) in [4.78, 5) is 0.134. The fourth-order valence-electron chi connectivity index (χ4n) is 1.58. The minimum atomic E-state index is -3.61. The molecule has 0 bridgehead atoms. The first-order chi connectivity index (χ1) is 9.38. The maximum absolute atomic E-state index is 12.2. The van der Waals surface area contributed by atoms with Gasteiger partial charge < -0.3 is 5.73 Å². The van der Waals surface area contributed by atoms with Crippen molar-refractivity contribution in [2.75, 3.05) is 5.73 Å². The standard InChI is InChI=1S/C13H12Br2N2O2S/c14-10-3-1-9(2-4-10)8-17-20(18,19)13-7-11(16)5-6-12(13)15/h1-7,17H,8,16H2. The van der Waals surface area contributed by atoms with Gasteiger partial charge in [0.05, 0.1) is 4.90 Å². The van der Waals surface area contributed by atoms with Crippen molar-refractivity contribution in [3.63, 3.8) is 0 Å². The van der Waals surface area contributed by atoms with Crippen LogP contribution in [0.5, 0.6) is 0 Å². The summed E-state index contributed by atoms with van der Waals surface area (Å²) in [6.45, 7) is 0.219. The van der Waals surface area contributed by atoms with Gasteiger partial charge in [-0.25, -0.2) is 13.1 Å². The Morgan fingerprint density at radius 2 is 1.70 bits per heavy atom. The molecule has 3 N–H and O–H groups in total. The van der Waals surface area contributed by atoms with Crippen molar-refractivity contribution in [3.05, 3.63) is 57.0 Å². The number of halogens is 2. The Kier molecular flexibility index (Phi) is 4.85. The Hall–Kier alpha value is -0.890. The number of sulfonamides is 1. The zero-order chi connectivity index (χ0) is 14.8. The smallest absolute Gasteiger partial charge is 0.242 e. The van der Waals surface area contributed by atoms with Crippen LogP contribution in [0, 0.1) is 0 Å². The highest BCUT2D eigenvalue weighted by atomic mass is 79.9. The second-order valence-corrected chi connectivity index (χ2v) is 7.65. The number of nitrogen functional groups attached to an aromatic ring is 1. The van der Waals surface area contributed by atoms with Crippen LogP contribution in [-0.2, 0) is 16.6 Å². The number of rotatable bonds is 4. The van der Waals surface area contributed by atoms with Gasteiger partial charge in [0.1, 0.15) is 0 Å². The molecule has 0 aliphatic rings. The van der Waals surface area contributed by atoms with E-state index in [1.54, 1.807) is 12.1 Å². The van der Waals surface area contributed by atoms with Gasteiger partial charge in [0.2, 0.25) is 10.0 Å². The van der Waals surface area contributed by atoms with Gasteiger partial charge in [0.15, 0.2) is 0 Å². The molecule has 0 aliphatic heterocycles. The molecule has 0 fully saturated rings. The third-order valence-electron chi connectivity index (χ3n) is 2.62. The van der Waals surface area contributed by atoms with Crippen LogP contribution in [0.4, 0.5) is 5.69 Å². The molecule has 0 amide bonds. The van der Waals surface area contributed by atoms with Gasteiger partial charge in [0.25, 0.3) is 0 Å². The van der Waals surface area contributed by atoms with Gasteiger partial charge in [-0.1, -0.05) is 28.1 Å². The number of anilines is 1. The van der Waals surface area contributed by atoms with Gasteiger partial charge in [-0.3, -0.25) is 0 Å². The van der Waals surface area contributed by atoms with Gasteiger partial charge in [-0.15, -0.1) is 0 Å². The highest BCUT2D eigenvalue weighted by Gasteiger charge is 2.17. The largest absolute Gasteiger partial charge is 0.399 e. The molecule has 106 valence electrons. The van der Waals surface area contributed by atoms with Crippen LogP contribution in [0.2, 0.25) is 0 Å². The second-order valence-electron chi connectivity index (χ2n) is 4.14. The van der Waals surface area contributed by atoms with E-state index in [0.717, 1.165) is 10.0 Å². The van der Waals surface area contributed by atoms with Crippen LogP contribution >= 0.6 is 31.9 Å². The van der Waals surface area contributed by atoms with E-state index in [-0.39, 0.29) is 11.4 Å². The summed E-state index contributed by atoms with van der Waals surface area (Å²) in [6.07, 6.45) is 0. The maximum Gasteiger partial charge on any atom is 0.242 e. The van der Waals surface area contributed by atoms with Crippen molar-refractivity contribution in [3.8, 4) is 0 Å². The predicted octanol–water partition coefficient (Wildman–Crippen LogP) is 3.27. The molecule has 0 radical (unpaired) electrons. The van der Waals surface area contributed by atoms with Crippen LogP contribution in [0.15, 0.2) is 56.3 Å². The van der Waals surface area contributed by atoms with Crippen LogP contribution in [0.25, 0.3) is 0 Å². The lowest BCUT2D eigenvalue weighted by atomic mass is 10.2. The van der Waals surface area contributed by atoms with E-state index in [4.69, 9.17) is 5.73 Å². The predicted molar refractivity (Wildman–Crippen MR) is 86.7 cm³/mol. The van der Waals surface area contributed by atoms with E-state index in [2.05, 4.69) is 36.6 Å². The summed E-state index contributed by atoms with van der Waals surface area (Å²) in [5.74, 6) is 0. The minimum absolute atomic E-state index is 0.134. The molecule has 0 unspecified atom stereocenters. The van der Waals surface area contributed by atoms with Crippen molar-refractivity contribution in [1.29, 1.82) is 0 Å². The highest BCUT2D eigenvalue weighted by Crippen LogP contribution is 2.24. The summed E-state index contributed by atoms with van der Waals surface area (Å²) < 4.78 is 28.5. The summed E-state index contributed by atoms with van der Waals surface area (Å²) in [5, 5.41) is 0. The van der Waals surface area contributed by atoms with Crippen LogP contribution in [0.3, 0.4) is 0 Å². The summed E-state index contributed by atoms with van der Waals surface area (Å²) in [5.41, 5.74) is 6.90. The topological polar surface area (TPSA) is 72.2 Å². The molecule has 20 heavy (non-hydrogen) atoms. The van der Waals surface area contributed by atoms with Gasteiger partial charge in [-0.2, -0.15) is 0 Å². The molecule has 0 saturated heterocycles. The lowest BCUT2D eigenvalue weighted by Crippen LogP contribution is -2.23. The third-order valence-corrected chi connectivity index (χ3v) is 5.55. The van der Waals surface area contributed by atoms with Crippen molar-refractivity contribution in [1.82, 2.24) is 4.72 Å². The molecule has 7 heteroatoms. The first kappa shape index (κ1) is 15.5. The first-order valence-corrected chi connectivity index (χ1v) is 8.74. The molecule has 4 nitrogen and oxygen atoms in total. The van der Waals surface area contributed by atoms with Crippen LogP contribution < -0.4 is 10.5 Å². The number of nitrogens with one attached hydrogen (secondary N) is 1. The lowest BCUT2D eigenvalue weighted by Gasteiger charge is -2.09. The van der Waals surface area contributed by atoms with E-state index in [9.17, 15) is 8.42 Å². The SMILES string of the molecule is Nc1ccc(Br)c(S(=O)(=O)NCc2ccc(Br)cc2)c1. The molecule has 2 aromatic carbocycles. The Morgan fingerprint density at radius 1 is 1.05 bits per heavy atom. The summed E-state index contributed by atoms with van der Waals surface area (Å²) in [7, 11) is -3.61. The average Bonchev–Trinajstić information content (AvgIpc) is 2.41. The zero-order valence-corrected chi connectivity index (χ0v) is 14.3. The van der Waals surface area contributed by atoms with E-state index in [0.29, 0.717) is 10.2 Å². The van der Waals surface area contributed by atoms with Gasteiger partial charge >= 0.3 is 0 Å². The Morgan fingerprint density at radius 3 is 2.35 bits per heavy atom. The second kappa shape index (κ2) is 6.26. The normalized spacial score (nSPS) is 11.5. The fraction of sp³-hybridized carbons (Fsp3) is 0.0769. The quantitative estimate of drug-likeness (QED) is 0.747. The molecule has 0 spiro atoms. The molecule has 0 saturated carbocycles. The molecule has 2 aromatic rings. The number of hydrogen-bond donors (Lipinski definition) is 2. The Labute approximate surface area is 134 Å². The Balaban J connectivity index is 2.19. The van der Waals surface area contributed by atoms with Crippen LogP contribution in [0.1, 0.15) is 5.56 Å². The number of benzene rings is 2. The van der Waals surface area contributed by atoms with Crippen LogP contribution in [-0.4, -0.2) is 8.42 Å². The average molecular weight is 420 g/mol. The molecule has 2 rings (SSSR count). The molecular weight excluding hydrogens is 408 g/mol. The Bertz CT molecular complexity index is 716. The lowest BCUT2D eigenvalue weighted by molar-refractivity contribution is 0.581. The van der Waals surface area contributed by atoms with Crippen molar-refractivity contribution in [2.45, 2.75) is 11.4 Å². The zero-order valence-electron chi connectivity index (χ0n) is 10.3. The maximum atomic E-state index is 12.2. The molecule has 0 aromatic heterocycles. The van der Waals surface area contributed by atoms with E-state index < -0.39 is 10.0 Å². The van der Waals surface area contributed by atoms with Gasteiger partial charge in [0, 0.05) is 21.2 Å². The summed E-state index contributed by atoms with van der Waals surface area (Å²) in [6, 6.07) is 12.1. The molecule has 0 atom stereocenters.